The molecule has 0 saturated heterocycles. The van der Waals surface area contributed by atoms with E-state index in [0.717, 1.165) is 18.3 Å². The quantitative estimate of drug-likeness (QED) is 0.337. The van der Waals surface area contributed by atoms with Crippen LogP contribution >= 0.6 is 23.2 Å². The number of carboxylic acid groups (broad SMARTS) is 1. The van der Waals surface area contributed by atoms with Crippen LogP contribution in [0.1, 0.15) is 39.9 Å². The minimum absolute atomic E-state index is 0.0131. The second kappa shape index (κ2) is 10.2. The molecule has 0 saturated carbocycles. The molecule has 184 valence electrons. The molecule has 2 aromatic carbocycles. The molecule has 0 spiro atoms. The summed E-state index contributed by atoms with van der Waals surface area (Å²) in [5.41, 5.74) is -3.01. The minimum Gasteiger partial charge on any atom is -0.481 e. The second-order valence-corrected chi connectivity index (χ2v) is 8.61. The van der Waals surface area contributed by atoms with Gasteiger partial charge in [-0.25, -0.2) is 4.98 Å². The Hall–Kier alpha value is -3.14. The SMILES string of the molecule is CC(c1ccc(NC(=O)c2cccc(CC(=O)O)c2)cc1Cl)C(O)(c1ccnc(Cl)c1)C(F)(F)F. The number of carbonyl (C=O) groups is 2. The van der Waals surface area contributed by atoms with Crippen molar-refractivity contribution in [2.45, 2.75) is 31.0 Å². The largest absolute Gasteiger partial charge is 0.481 e. The number of halogens is 5. The third-order valence-corrected chi connectivity index (χ3v) is 6.03. The lowest BCUT2D eigenvalue weighted by Gasteiger charge is -2.37. The van der Waals surface area contributed by atoms with E-state index in [1.165, 1.54) is 43.3 Å². The molecule has 3 N–H and O–H groups in total. The predicted octanol–water partition coefficient (Wildman–Crippen LogP) is 5.82. The lowest BCUT2D eigenvalue weighted by molar-refractivity contribution is -0.274. The van der Waals surface area contributed by atoms with E-state index >= 15 is 0 Å². The molecular weight excluding hydrogens is 508 g/mol. The molecule has 0 aliphatic heterocycles. The van der Waals surface area contributed by atoms with Gasteiger partial charge in [-0.05, 0) is 53.1 Å². The Kier molecular flexibility index (Phi) is 7.74. The van der Waals surface area contributed by atoms with E-state index in [-0.39, 0.29) is 33.4 Å². The molecule has 0 bridgehead atoms. The number of nitrogens with one attached hydrogen (secondary N) is 1. The van der Waals surface area contributed by atoms with Gasteiger partial charge in [-0.1, -0.05) is 48.3 Å². The van der Waals surface area contributed by atoms with Gasteiger partial charge >= 0.3 is 12.1 Å². The van der Waals surface area contributed by atoms with Crippen molar-refractivity contribution in [2.24, 2.45) is 0 Å². The number of carbonyl (C=O) groups excluding carboxylic acids is 1. The molecule has 0 aliphatic rings. The molecule has 0 radical (unpaired) electrons. The maximum absolute atomic E-state index is 14.1. The van der Waals surface area contributed by atoms with E-state index in [1.54, 1.807) is 6.07 Å². The van der Waals surface area contributed by atoms with E-state index in [4.69, 9.17) is 28.3 Å². The van der Waals surface area contributed by atoms with Gasteiger partial charge in [0.05, 0.1) is 6.42 Å². The Labute approximate surface area is 208 Å². The first-order valence-corrected chi connectivity index (χ1v) is 10.9. The Bertz CT molecular complexity index is 1270. The van der Waals surface area contributed by atoms with Gasteiger partial charge in [0.15, 0.2) is 5.60 Å². The molecule has 11 heteroatoms. The number of aliphatic hydroxyl groups is 1. The zero-order valence-electron chi connectivity index (χ0n) is 18.1. The summed E-state index contributed by atoms with van der Waals surface area (Å²) in [6.07, 6.45) is -4.27. The van der Waals surface area contributed by atoms with Crippen LogP contribution in [0.3, 0.4) is 0 Å². The predicted molar refractivity (Wildman–Crippen MR) is 125 cm³/mol. The summed E-state index contributed by atoms with van der Waals surface area (Å²) in [5.74, 6) is -3.16. The number of hydrogen-bond acceptors (Lipinski definition) is 4. The van der Waals surface area contributed by atoms with Gasteiger partial charge in [0.1, 0.15) is 5.15 Å². The standard InChI is InChI=1S/C24H19Cl2F3N2O4/c1-13(23(35,24(27,28)29)16-7-8-30-20(26)11-16)18-6-5-17(12-19(18)25)31-22(34)15-4-2-3-14(9-15)10-21(32)33/h2-9,11-13,35H,10H2,1H3,(H,31,34)(H,32,33). The molecule has 2 atom stereocenters. The Morgan fingerprint density at radius 2 is 1.80 bits per heavy atom. The zero-order chi connectivity index (χ0) is 26.0. The van der Waals surface area contributed by atoms with Gasteiger partial charge in [-0.2, -0.15) is 13.2 Å². The Morgan fingerprint density at radius 3 is 2.40 bits per heavy atom. The van der Waals surface area contributed by atoms with Gasteiger partial charge in [0.25, 0.3) is 5.91 Å². The summed E-state index contributed by atoms with van der Waals surface area (Å²) in [4.78, 5) is 27.1. The molecule has 35 heavy (non-hydrogen) atoms. The molecular formula is C24H19Cl2F3N2O4. The number of rotatable bonds is 7. The highest BCUT2D eigenvalue weighted by atomic mass is 35.5. The first-order chi connectivity index (χ1) is 16.3. The summed E-state index contributed by atoms with van der Waals surface area (Å²) in [7, 11) is 0. The highest BCUT2D eigenvalue weighted by molar-refractivity contribution is 6.32. The molecule has 0 aliphatic carbocycles. The van der Waals surface area contributed by atoms with E-state index < -0.39 is 35.1 Å². The van der Waals surface area contributed by atoms with E-state index in [9.17, 15) is 27.9 Å². The van der Waals surface area contributed by atoms with Gasteiger partial charge in [-0.3, -0.25) is 9.59 Å². The van der Waals surface area contributed by atoms with Crippen LogP contribution in [-0.4, -0.2) is 33.2 Å². The van der Waals surface area contributed by atoms with Crippen LogP contribution in [0.25, 0.3) is 0 Å². The highest BCUT2D eigenvalue weighted by Gasteiger charge is 2.59. The number of aromatic nitrogens is 1. The molecule has 2 unspecified atom stereocenters. The summed E-state index contributed by atoms with van der Waals surface area (Å²) >= 11 is 12.0. The van der Waals surface area contributed by atoms with Crippen LogP contribution < -0.4 is 5.32 Å². The molecule has 3 rings (SSSR count). The molecule has 3 aromatic rings. The summed E-state index contributed by atoms with van der Waals surface area (Å²) < 4.78 is 42.3. The number of alkyl halides is 3. The molecule has 1 heterocycles. The number of pyridine rings is 1. The normalized spacial score (nSPS) is 14.1. The third-order valence-electron chi connectivity index (χ3n) is 5.49. The van der Waals surface area contributed by atoms with Gasteiger partial charge in [0, 0.05) is 28.4 Å². The lowest BCUT2D eigenvalue weighted by Crippen LogP contribution is -2.46. The fraction of sp³-hybridized carbons (Fsp3) is 0.208. The monoisotopic (exact) mass is 526 g/mol. The summed E-state index contributed by atoms with van der Waals surface area (Å²) in [6.45, 7) is 1.18. The fourth-order valence-electron chi connectivity index (χ4n) is 3.68. The van der Waals surface area contributed by atoms with Crippen molar-refractivity contribution in [3.8, 4) is 0 Å². The first-order valence-electron chi connectivity index (χ1n) is 10.2. The number of carboxylic acids is 1. The van der Waals surface area contributed by atoms with Crippen molar-refractivity contribution in [2.75, 3.05) is 5.32 Å². The van der Waals surface area contributed by atoms with E-state index in [1.807, 2.05) is 0 Å². The van der Waals surface area contributed by atoms with Crippen molar-refractivity contribution < 1.29 is 33.0 Å². The number of benzene rings is 2. The smallest absolute Gasteiger partial charge is 0.422 e. The Balaban J connectivity index is 1.89. The van der Waals surface area contributed by atoms with Gasteiger partial charge < -0.3 is 15.5 Å². The molecule has 0 fully saturated rings. The van der Waals surface area contributed by atoms with Crippen molar-refractivity contribution >= 4 is 40.8 Å². The van der Waals surface area contributed by atoms with Crippen LogP contribution in [0.4, 0.5) is 18.9 Å². The number of aliphatic carboxylic acids is 1. The number of hydrogen-bond donors (Lipinski definition) is 3. The number of anilines is 1. The summed E-state index contributed by atoms with van der Waals surface area (Å²) in [5, 5.41) is 22.0. The highest BCUT2D eigenvalue weighted by Crippen LogP contribution is 2.50. The van der Waals surface area contributed by atoms with Crippen LogP contribution in [0.15, 0.2) is 60.8 Å². The molecule has 1 amide bonds. The number of amides is 1. The van der Waals surface area contributed by atoms with Crippen molar-refractivity contribution in [1.29, 1.82) is 0 Å². The second-order valence-electron chi connectivity index (χ2n) is 7.81. The number of nitrogens with zero attached hydrogens (tertiary/aromatic N) is 1. The van der Waals surface area contributed by atoms with Crippen molar-refractivity contribution in [3.63, 3.8) is 0 Å². The Morgan fingerprint density at radius 1 is 1.09 bits per heavy atom. The van der Waals surface area contributed by atoms with Crippen molar-refractivity contribution in [1.82, 2.24) is 4.98 Å². The molecule has 6 nitrogen and oxygen atoms in total. The van der Waals surface area contributed by atoms with Crippen molar-refractivity contribution in [3.05, 3.63) is 93.2 Å². The van der Waals surface area contributed by atoms with Gasteiger partial charge in [0.2, 0.25) is 0 Å². The van der Waals surface area contributed by atoms with E-state index in [0.29, 0.717) is 5.56 Å². The average molecular weight is 527 g/mol. The third kappa shape index (κ3) is 5.75. The first kappa shape index (κ1) is 26.5. The van der Waals surface area contributed by atoms with Crippen LogP contribution in [0.2, 0.25) is 10.2 Å². The fourth-order valence-corrected chi connectivity index (χ4v) is 4.20. The van der Waals surface area contributed by atoms with Gasteiger partial charge in [-0.15, -0.1) is 0 Å². The topological polar surface area (TPSA) is 99.5 Å². The van der Waals surface area contributed by atoms with Crippen LogP contribution in [-0.2, 0) is 16.8 Å². The van der Waals surface area contributed by atoms with Crippen LogP contribution in [0, 0.1) is 0 Å². The zero-order valence-corrected chi connectivity index (χ0v) is 19.6. The average Bonchev–Trinajstić information content (AvgIpc) is 2.77. The molecule has 1 aromatic heterocycles. The lowest BCUT2D eigenvalue weighted by atomic mass is 9.78. The maximum atomic E-state index is 14.1. The summed E-state index contributed by atoms with van der Waals surface area (Å²) in [6, 6.07) is 11.9. The van der Waals surface area contributed by atoms with E-state index in [2.05, 4.69) is 10.3 Å². The maximum Gasteiger partial charge on any atom is 0.422 e. The van der Waals surface area contributed by atoms with Crippen LogP contribution in [0.5, 0.6) is 0 Å². The minimum atomic E-state index is -5.08.